The van der Waals surface area contributed by atoms with Crippen LogP contribution in [0, 0.1) is 0 Å². The van der Waals surface area contributed by atoms with Crippen LogP contribution in [0.5, 0.6) is 0 Å². The van der Waals surface area contributed by atoms with E-state index >= 15 is 0 Å². The normalized spacial score (nSPS) is 24.6. The minimum absolute atomic E-state index is 0. The Hall–Kier alpha value is 0.460. The first-order chi connectivity index (χ1) is 6.85. The molecule has 0 amide bonds. The van der Waals surface area contributed by atoms with Gasteiger partial charge in [-0.25, -0.2) is 0 Å². The molecule has 0 unspecified atom stereocenters. The fraction of sp³-hybridized carbons (Fsp3) is 1.00. The second kappa shape index (κ2) is 7.72. The standard InChI is InChI=1S/C11H22N2O.2ClH/c1-12-11(4-2-3-5-11)10-13-6-8-14-9-7-13;;/h12H,2-10H2,1H3;2*1H. The van der Waals surface area contributed by atoms with E-state index in [1.165, 1.54) is 32.2 Å². The monoisotopic (exact) mass is 270 g/mol. The van der Waals surface area contributed by atoms with Crippen LogP contribution < -0.4 is 5.32 Å². The predicted octanol–water partition coefficient (Wildman–Crippen LogP) is 1.69. The number of halogens is 2. The summed E-state index contributed by atoms with van der Waals surface area (Å²) in [6.45, 7) is 5.28. The molecule has 1 saturated heterocycles. The molecule has 1 heterocycles. The quantitative estimate of drug-likeness (QED) is 0.845. The Morgan fingerprint density at radius 1 is 1.12 bits per heavy atom. The summed E-state index contributed by atoms with van der Waals surface area (Å²) in [5.74, 6) is 0. The van der Waals surface area contributed by atoms with Gasteiger partial charge in [0.15, 0.2) is 0 Å². The summed E-state index contributed by atoms with van der Waals surface area (Å²) in [6, 6.07) is 0. The number of hydrogen-bond donors (Lipinski definition) is 1. The number of nitrogens with zero attached hydrogens (tertiary/aromatic N) is 1. The smallest absolute Gasteiger partial charge is 0.0594 e. The fourth-order valence-electron chi connectivity index (χ4n) is 2.73. The molecular formula is C11H24Cl2N2O. The molecule has 0 bridgehead atoms. The highest BCUT2D eigenvalue weighted by Gasteiger charge is 2.34. The number of hydrogen-bond acceptors (Lipinski definition) is 3. The third-order valence-electron chi connectivity index (χ3n) is 3.72. The number of rotatable bonds is 3. The van der Waals surface area contributed by atoms with Gasteiger partial charge in [0.05, 0.1) is 13.2 Å². The van der Waals surface area contributed by atoms with Crippen LogP contribution in [0.15, 0.2) is 0 Å². The van der Waals surface area contributed by atoms with E-state index < -0.39 is 0 Å². The molecule has 0 aromatic rings. The molecule has 0 radical (unpaired) electrons. The number of nitrogens with one attached hydrogen (secondary N) is 1. The van der Waals surface area contributed by atoms with Crippen molar-refractivity contribution in [3.05, 3.63) is 0 Å². The van der Waals surface area contributed by atoms with Crippen LogP contribution in [0.4, 0.5) is 0 Å². The minimum atomic E-state index is 0. The summed E-state index contributed by atoms with van der Waals surface area (Å²) in [5, 5.41) is 3.54. The van der Waals surface area contributed by atoms with Gasteiger partial charge in [-0.15, -0.1) is 24.8 Å². The van der Waals surface area contributed by atoms with E-state index in [-0.39, 0.29) is 24.8 Å². The van der Waals surface area contributed by atoms with E-state index in [0.29, 0.717) is 5.54 Å². The van der Waals surface area contributed by atoms with Crippen molar-refractivity contribution >= 4 is 24.8 Å². The lowest BCUT2D eigenvalue weighted by Crippen LogP contribution is -2.52. The van der Waals surface area contributed by atoms with Crippen molar-refractivity contribution in [3.63, 3.8) is 0 Å². The van der Waals surface area contributed by atoms with E-state index in [0.717, 1.165) is 26.3 Å². The van der Waals surface area contributed by atoms with Gasteiger partial charge in [-0.3, -0.25) is 4.90 Å². The zero-order valence-electron chi connectivity index (χ0n) is 10.0. The van der Waals surface area contributed by atoms with Crippen molar-refractivity contribution in [1.29, 1.82) is 0 Å². The highest BCUT2D eigenvalue weighted by molar-refractivity contribution is 5.85. The van der Waals surface area contributed by atoms with E-state index in [4.69, 9.17) is 4.74 Å². The highest BCUT2D eigenvalue weighted by Crippen LogP contribution is 2.30. The van der Waals surface area contributed by atoms with Gasteiger partial charge < -0.3 is 10.1 Å². The van der Waals surface area contributed by atoms with Gasteiger partial charge in [0.25, 0.3) is 0 Å². The molecule has 1 aliphatic carbocycles. The van der Waals surface area contributed by atoms with Gasteiger partial charge in [-0.2, -0.15) is 0 Å². The van der Waals surface area contributed by atoms with Crippen molar-refractivity contribution in [2.24, 2.45) is 0 Å². The molecule has 1 aliphatic heterocycles. The molecule has 0 aromatic heterocycles. The SMILES string of the molecule is CNC1(CN2CCOCC2)CCCC1.Cl.Cl. The Bertz CT molecular complexity index is 181. The summed E-state index contributed by atoms with van der Waals surface area (Å²) in [6.07, 6.45) is 5.48. The topological polar surface area (TPSA) is 24.5 Å². The first-order valence-corrected chi connectivity index (χ1v) is 5.84. The lowest BCUT2D eigenvalue weighted by Gasteiger charge is -2.37. The Morgan fingerprint density at radius 3 is 2.19 bits per heavy atom. The summed E-state index contributed by atoms with van der Waals surface area (Å²) in [7, 11) is 2.12. The lowest BCUT2D eigenvalue weighted by atomic mass is 9.97. The maximum absolute atomic E-state index is 5.37. The van der Waals surface area contributed by atoms with Gasteiger partial charge in [0.2, 0.25) is 0 Å². The predicted molar refractivity (Wildman–Crippen MR) is 72.0 cm³/mol. The van der Waals surface area contributed by atoms with E-state index in [1.54, 1.807) is 0 Å². The Kier molecular flexibility index (Phi) is 7.94. The molecule has 0 atom stereocenters. The van der Waals surface area contributed by atoms with Crippen LogP contribution in [0.2, 0.25) is 0 Å². The molecule has 3 nitrogen and oxygen atoms in total. The maximum Gasteiger partial charge on any atom is 0.0594 e. The van der Waals surface area contributed by atoms with E-state index in [9.17, 15) is 0 Å². The van der Waals surface area contributed by atoms with Crippen molar-refractivity contribution in [2.45, 2.75) is 31.2 Å². The van der Waals surface area contributed by atoms with E-state index in [2.05, 4.69) is 17.3 Å². The lowest BCUT2D eigenvalue weighted by molar-refractivity contribution is 0.0248. The average Bonchev–Trinajstić information content (AvgIpc) is 2.69. The average molecular weight is 271 g/mol. The zero-order valence-corrected chi connectivity index (χ0v) is 11.7. The first kappa shape index (κ1) is 16.5. The van der Waals surface area contributed by atoms with Crippen LogP contribution in [-0.4, -0.2) is 50.3 Å². The molecule has 0 spiro atoms. The summed E-state index contributed by atoms with van der Waals surface area (Å²) >= 11 is 0. The minimum Gasteiger partial charge on any atom is -0.379 e. The molecule has 2 rings (SSSR count). The third kappa shape index (κ3) is 4.04. The van der Waals surface area contributed by atoms with Crippen molar-refractivity contribution in [1.82, 2.24) is 10.2 Å². The Morgan fingerprint density at radius 2 is 1.69 bits per heavy atom. The van der Waals surface area contributed by atoms with E-state index in [1.807, 2.05) is 0 Å². The molecule has 1 N–H and O–H groups in total. The molecular weight excluding hydrogens is 247 g/mol. The van der Waals surface area contributed by atoms with Gasteiger partial charge in [0.1, 0.15) is 0 Å². The van der Waals surface area contributed by atoms with Crippen LogP contribution in [0.1, 0.15) is 25.7 Å². The van der Waals surface area contributed by atoms with Crippen molar-refractivity contribution < 1.29 is 4.74 Å². The fourth-order valence-corrected chi connectivity index (χ4v) is 2.73. The van der Waals surface area contributed by atoms with Crippen LogP contribution in [0.25, 0.3) is 0 Å². The second-order valence-electron chi connectivity index (χ2n) is 4.63. The summed E-state index contributed by atoms with van der Waals surface area (Å²) in [4.78, 5) is 2.55. The van der Waals surface area contributed by atoms with Crippen molar-refractivity contribution in [3.8, 4) is 0 Å². The first-order valence-electron chi connectivity index (χ1n) is 5.84. The maximum atomic E-state index is 5.37. The van der Waals surface area contributed by atoms with Gasteiger partial charge >= 0.3 is 0 Å². The molecule has 0 aromatic carbocycles. The van der Waals surface area contributed by atoms with Crippen LogP contribution >= 0.6 is 24.8 Å². The third-order valence-corrected chi connectivity index (χ3v) is 3.72. The van der Waals surface area contributed by atoms with Crippen LogP contribution in [-0.2, 0) is 4.74 Å². The van der Waals surface area contributed by atoms with Gasteiger partial charge in [0, 0.05) is 25.2 Å². The Labute approximate surface area is 111 Å². The van der Waals surface area contributed by atoms with Crippen LogP contribution in [0.3, 0.4) is 0 Å². The summed E-state index contributed by atoms with van der Waals surface area (Å²) in [5.41, 5.74) is 0.414. The second-order valence-corrected chi connectivity index (χ2v) is 4.63. The molecule has 2 aliphatic rings. The number of likely N-dealkylation sites (N-methyl/N-ethyl adjacent to an activating group) is 1. The largest absolute Gasteiger partial charge is 0.379 e. The molecule has 98 valence electrons. The molecule has 16 heavy (non-hydrogen) atoms. The summed E-state index contributed by atoms with van der Waals surface area (Å²) < 4.78 is 5.37. The number of morpholine rings is 1. The molecule has 2 fully saturated rings. The van der Waals surface area contributed by atoms with Gasteiger partial charge in [-0.1, -0.05) is 12.8 Å². The van der Waals surface area contributed by atoms with Gasteiger partial charge in [-0.05, 0) is 19.9 Å². The number of ether oxygens (including phenoxy) is 1. The highest BCUT2D eigenvalue weighted by atomic mass is 35.5. The zero-order chi connectivity index (χ0) is 9.86. The molecule has 5 heteroatoms. The van der Waals surface area contributed by atoms with Crippen molar-refractivity contribution in [2.75, 3.05) is 39.9 Å². The Balaban J connectivity index is 0.00000112. The molecule has 1 saturated carbocycles.